The van der Waals surface area contributed by atoms with Crippen molar-refractivity contribution in [3.63, 3.8) is 0 Å². The van der Waals surface area contributed by atoms with E-state index in [2.05, 4.69) is 24.6 Å². The lowest BCUT2D eigenvalue weighted by molar-refractivity contribution is 0.112. The molecule has 1 aromatic heterocycles. The Bertz CT molecular complexity index is 678. The molecule has 0 atom stereocenters. The quantitative estimate of drug-likeness (QED) is 0.660. The van der Waals surface area contributed by atoms with Gasteiger partial charge in [0, 0.05) is 29.1 Å². The summed E-state index contributed by atoms with van der Waals surface area (Å²) in [5.41, 5.74) is 3.71. The molecule has 3 heteroatoms. The van der Waals surface area contributed by atoms with Crippen LogP contribution in [0.1, 0.15) is 74.0 Å². The Hall–Kier alpha value is -1.90. The number of rotatable bonds is 4. The molecule has 0 spiro atoms. The molecule has 0 bridgehead atoms. The van der Waals surface area contributed by atoms with Crippen LogP contribution in [0, 0.1) is 5.82 Å². The van der Waals surface area contributed by atoms with E-state index in [0.717, 1.165) is 28.7 Å². The summed E-state index contributed by atoms with van der Waals surface area (Å²) in [6, 6.07) is 6.90. The van der Waals surface area contributed by atoms with Crippen LogP contribution in [0.4, 0.5) is 4.39 Å². The van der Waals surface area contributed by atoms with Crippen LogP contribution >= 0.6 is 0 Å². The smallest absolute Gasteiger partial charge is 0.152 e. The molecule has 1 heterocycles. The standard InChI is InChI=1S/C20H24FNO/c1-14(2)20-19(13-23)18(15-8-10-16(21)11-9-15)12-22(20)17-6-4-3-5-7-17/h8-14,17H,3-7H2,1-2H3. The van der Waals surface area contributed by atoms with Crippen molar-refractivity contribution in [2.45, 2.75) is 57.9 Å². The summed E-state index contributed by atoms with van der Waals surface area (Å²) in [5.74, 6) is 0.0310. The molecular formula is C20H24FNO. The minimum absolute atomic E-state index is 0.253. The molecule has 3 rings (SSSR count). The average molecular weight is 313 g/mol. The van der Waals surface area contributed by atoms with Gasteiger partial charge in [-0.3, -0.25) is 4.79 Å². The molecule has 1 fully saturated rings. The topological polar surface area (TPSA) is 22.0 Å². The van der Waals surface area contributed by atoms with Crippen LogP contribution in [-0.4, -0.2) is 10.9 Å². The Balaban J connectivity index is 2.12. The molecule has 1 saturated carbocycles. The lowest BCUT2D eigenvalue weighted by Crippen LogP contribution is -2.15. The van der Waals surface area contributed by atoms with Crippen molar-refractivity contribution in [2.75, 3.05) is 0 Å². The fraction of sp³-hybridized carbons (Fsp3) is 0.450. The molecule has 23 heavy (non-hydrogen) atoms. The second-order valence-electron chi connectivity index (χ2n) is 6.82. The summed E-state index contributed by atoms with van der Waals surface area (Å²) in [6.45, 7) is 4.27. The van der Waals surface area contributed by atoms with Crippen molar-refractivity contribution in [1.82, 2.24) is 4.57 Å². The first kappa shape index (κ1) is 16.0. The number of nitrogens with zero attached hydrogens (tertiary/aromatic N) is 1. The number of carbonyl (C=O) groups is 1. The molecule has 1 aliphatic rings. The highest BCUT2D eigenvalue weighted by molar-refractivity contribution is 5.89. The van der Waals surface area contributed by atoms with Gasteiger partial charge in [-0.05, 0) is 36.5 Å². The van der Waals surface area contributed by atoms with Gasteiger partial charge in [-0.1, -0.05) is 45.2 Å². The Morgan fingerprint density at radius 2 is 1.78 bits per heavy atom. The normalized spacial score (nSPS) is 16.0. The highest BCUT2D eigenvalue weighted by atomic mass is 19.1. The fourth-order valence-corrected chi connectivity index (χ4v) is 3.81. The highest BCUT2D eigenvalue weighted by Crippen LogP contribution is 2.37. The Morgan fingerprint density at radius 1 is 1.13 bits per heavy atom. The Labute approximate surface area is 137 Å². The van der Waals surface area contributed by atoms with E-state index in [0.29, 0.717) is 6.04 Å². The summed E-state index contributed by atoms with van der Waals surface area (Å²) >= 11 is 0. The number of hydrogen-bond acceptors (Lipinski definition) is 1. The lowest BCUT2D eigenvalue weighted by Gasteiger charge is -2.26. The van der Waals surface area contributed by atoms with Gasteiger partial charge in [0.05, 0.1) is 0 Å². The van der Waals surface area contributed by atoms with Crippen molar-refractivity contribution < 1.29 is 9.18 Å². The van der Waals surface area contributed by atoms with Gasteiger partial charge >= 0.3 is 0 Å². The number of aromatic nitrogens is 1. The van der Waals surface area contributed by atoms with Gasteiger partial charge in [0.25, 0.3) is 0 Å². The van der Waals surface area contributed by atoms with Crippen molar-refractivity contribution >= 4 is 6.29 Å². The average Bonchev–Trinajstić information content (AvgIpc) is 2.96. The van der Waals surface area contributed by atoms with Crippen molar-refractivity contribution in [1.29, 1.82) is 0 Å². The van der Waals surface area contributed by atoms with E-state index in [1.54, 1.807) is 12.1 Å². The third-order valence-electron chi connectivity index (χ3n) is 4.90. The lowest BCUT2D eigenvalue weighted by atomic mass is 9.94. The Kier molecular flexibility index (Phi) is 4.65. The van der Waals surface area contributed by atoms with E-state index in [1.807, 2.05) is 0 Å². The molecule has 2 aromatic rings. The van der Waals surface area contributed by atoms with Crippen molar-refractivity contribution in [2.24, 2.45) is 0 Å². The molecule has 0 radical (unpaired) electrons. The van der Waals surface area contributed by atoms with Crippen LogP contribution in [0.3, 0.4) is 0 Å². The SMILES string of the molecule is CC(C)c1c(C=O)c(-c2ccc(F)cc2)cn1C1CCCCC1. The highest BCUT2D eigenvalue weighted by Gasteiger charge is 2.24. The second-order valence-corrected chi connectivity index (χ2v) is 6.82. The molecule has 0 aliphatic heterocycles. The third kappa shape index (κ3) is 3.10. The van der Waals surface area contributed by atoms with Crippen LogP contribution in [0.2, 0.25) is 0 Å². The van der Waals surface area contributed by atoms with Gasteiger partial charge in [-0.15, -0.1) is 0 Å². The molecule has 2 nitrogen and oxygen atoms in total. The van der Waals surface area contributed by atoms with E-state index in [1.165, 1.54) is 44.2 Å². The van der Waals surface area contributed by atoms with E-state index in [4.69, 9.17) is 0 Å². The van der Waals surface area contributed by atoms with E-state index in [-0.39, 0.29) is 11.7 Å². The van der Waals surface area contributed by atoms with Gasteiger partial charge in [-0.2, -0.15) is 0 Å². The van der Waals surface area contributed by atoms with Crippen LogP contribution in [0.5, 0.6) is 0 Å². The monoisotopic (exact) mass is 313 g/mol. The number of benzene rings is 1. The summed E-state index contributed by atoms with van der Waals surface area (Å²) in [4.78, 5) is 11.8. The van der Waals surface area contributed by atoms with Crippen LogP contribution in [0.25, 0.3) is 11.1 Å². The maximum Gasteiger partial charge on any atom is 0.152 e. The maximum atomic E-state index is 13.2. The summed E-state index contributed by atoms with van der Waals surface area (Å²) < 4.78 is 15.5. The maximum absolute atomic E-state index is 13.2. The van der Waals surface area contributed by atoms with Gasteiger partial charge in [-0.25, -0.2) is 4.39 Å². The van der Waals surface area contributed by atoms with Gasteiger partial charge in [0.1, 0.15) is 5.82 Å². The molecular weight excluding hydrogens is 289 g/mol. The number of hydrogen-bond donors (Lipinski definition) is 0. The zero-order chi connectivity index (χ0) is 16.4. The summed E-state index contributed by atoms with van der Waals surface area (Å²) in [6.07, 6.45) is 9.24. The summed E-state index contributed by atoms with van der Waals surface area (Å²) in [7, 11) is 0. The first-order valence-corrected chi connectivity index (χ1v) is 8.57. The van der Waals surface area contributed by atoms with Crippen LogP contribution in [-0.2, 0) is 0 Å². The van der Waals surface area contributed by atoms with E-state index < -0.39 is 0 Å². The van der Waals surface area contributed by atoms with Crippen LogP contribution < -0.4 is 0 Å². The molecule has 1 aromatic carbocycles. The Morgan fingerprint density at radius 3 is 2.35 bits per heavy atom. The third-order valence-corrected chi connectivity index (χ3v) is 4.90. The minimum Gasteiger partial charge on any atom is -0.347 e. The molecule has 1 aliphatic carbocycles. The van der Waals surface area contributed by atoms with Gasteiger partial charge in [0.15, 0.2) is 6.29 Å². The van der Waals surface area contributed by atoms with Gasteiger partial charge in [0.2, 0.25) is 0 Å². The minimum atomic E-state index is -0.253. The zero-order valence-corrected chi connectivity index (χ0v) is 13.9. The fourth-order valence-electron chi connectivity index (χ4n) is 3.81. The predicted molar refractivity (Wildman–Crippen MR) is 91.4 cm³/mol. The molecule has 0 unspecified atom stereocenters. The largest absolute Gasteiger partial charge is 0.347 e. The van der Waals surface area contributed by atoms with Crippen LogP contribution in [0.15, 0.2) is 30.5 Å². The molecule has 0 saturated heterocycles. The van der Waals surface area contributed by atoms with E-state index >= 15 is 0 Å². The molecule has 0 N–H and O–H groups in total. The van der Waals surface area contributed by atoms with Gasteiger partial charge < -0.3 is 4.57 Å². The second kappa shape index (κ2) is 6.69. The number of aldehydes is 1. The first-order chi connectivity index (χ1) is 11.1. The predicted octanol–water partition coefficient (Wildman–Crippen LogP) is 5.74. The molecule has 0 amide bonds. The van der Waals surface area contributed by atoms with Crippen molar-refractivity contribution in [3.05, 3.63) is 47.5 Å². The first-order valence-electron chi connectivity index (χ1n) is 8.57. The summed E-state index contributed by atoms with van der Waals surface area (Å²) in [5, 5.41) is 0. The van der Waals surface area contributed by atoms with E-state index in [9.17, 15) is 9.18 Å². The number of halogens is 1. The van der Waals surface area contributed by atoms with Crippen molar-refractivity contribution in [3.8, 4) is 11.1 Å². The molecule has 122 valence electrons. The number of carbonyl (C=O) groups excluding carboxylic acids is 1. The zero-order valence-electron chi connectivity index (χ0n) is 13.9.